The first-order chi connectivity index (χ1) is 14.0. The minimum Gasteiger partial charge on any atom is -0.461 e. The van der Waals surface area contributed by atoms with E-state index in [-0.39, 0.29) is 22.2 Å². The summed E-state index contributed by atoms with van der Waals surface area (Å²) in [7, 11) is 1.95. The molecule has 0 spiro atoms. The fourth-order valence-corrected chi connectivity index (χ4v) is 5.07. The van der Waals surface area contributed by atoms with E-state index in [0.717, 1.165) is 32.2 Å². The molecular formula is C20H24ClF2N5O. The number of rotatable bonds is 5. The predicted molar refractivity (Wildman–Crippen MR) is 107 cm³/mol. The number of pyridine rings is 1. The zero-order chi connectivity index (χ0) is 20.2. The molecule has 4 heterocycles. The van der Waals surface area contributed by atoms with E-state index in [1.807, 2.05) is 11.9 Å². The van der Waals surface area contributed by atoms with Crippen molar-refractivity contribution in [2.45, 2.75) is 56.3 Å². The molecule has 2 saturated heterocycles. The highest BCUT2D eigenvalue weighted by atomic mass is 35.5. The molecule has 2 atom stereocenters. The third-order valence-electron chi connectivity index (χ3n) is 6.79. The Balaban J connectivity index is 1.49. The monoisotopic (exact) mass is 423 g/mol. The van der Waals surface area contributed by atoms with E-state index in [1.54, 1.807) is 0 Å². The Morgan fingerprint density at radius 2 is 2.17 bits per heavy atom. The van der Waals surface area contributed by atoms with Gasteiger partial charge in [0, 0.05) is 32.3 Å². The minimum absolute atomic E-state index is 0.100. The maximum Gasteiger partial charge on any atom is 0.319 e. The molecule has 156 valence electrons. The summed E-state index contributed by atoms with van der Waals surface area (Å²) < 4.78 is 34.7. The van der Waals surface area contributed by atoms with Gasteiger partial charge in [0.1, 0.15) is 24.1 Å². The second kappa shape index (κ2) is 7.16. The van der Waals surface area contributed by atoms with Crippen LogP contribution in [0.5, 0.6) is 6.01 Å². The Labute approximate surface area is 173 Å². The first-order valence-electron chi connectivity index (χ1n) is 10.2. The summed E-state index contributed by atoms with van der Waals surface area (Å²) in [6.45, 7) is 1.63. The molecule has 1 saturated carbocycles. The van der Waals surface area contributed by atoms with E-state index in [2.05, 4.69) is 19.9 Å². The average molecular weight is 424 g/mol. The van der Waals surface area contributed by atoms with Crippen LogP contribution in [0.3, 0.4) is 0 Å². The van der Waals surface area contributed by atoms with Crippen molar-refractivity contribution in [2.75, 3.05) is 31.6 Å². The van der Waals surface area contributed by atoms with Gasteiger partial charge in [-0.3, -0.25) is 4.90 Å². The lowest BCUT2D eigenvalue weighted by molar-refractivity contribution is 0.107. The summed E-state index contributed by atoms with van der Waals surface area (Å²) in [5.74, 6) is -0.0849. The number of ether oxygens (including phenoxy) is 1. The number of fused-ring (bicyclic) bond motifs is 2. The van der Waals surface area contributed by atoms with Crippen molar-refractivity contribution < 1.29 is 13.5 Å². The summed E-state index contributed by atoms with van der Waals surface area (Å²) in [4.78, 5) is 17.0. The summed E-state index contributed by atoms with van der Waals surface area (Å²) in [5, 5.41) is 0.287. The topological polar surface area (TPSA) is 54.4 Å². The van der Waals surface area contributed by atoms with Crippen molar-refractivity contribution in [1.82, 2.24) is 19.9 Å². The van der Waals surface area contributed by atoms with Crippen LogP contribution < -0.4 is 9.64 Å². The van der Waals surface area contributed by atoms with Gasteiger partial charge in [-0.1, -0.05) is 11.6 Å². The Hall–Kier alpha value is -1.80. The fourth-order valence-electron chi connectivity index (χ4n) is 4.93. The molecule has 5 rings (SSSR count). The van der Waals surface area contributed by atoms with Gasteiger partial charge in [-0.2, -0.15) is 9.97 Å². The number of alkyl halides is 1. The van der Waals surface area contributed by atoms with Gasteiger partial charge in [-0.15, -0.1) is 0 Å². The highest BCUT2D eigenvalue weighted by Crippen LogP contribution is 2.40. The van der Waals surface area contributed by atoms with Crippen LogP contribution in [0, 0.1) is 5.82 Å². The summed E-state index contributed by atoms with van der Waals surface area (Å²) >= 11 is 5.89. The van der Waals surface area contributed by atoms with E-state index >= 15 is 0 Å². The van der Waals surface area contributed by atoms with Crippen LogP contribution in [0.25, 0.3) is 10.9 Å². The number of nitrogens with zero attached hydrogens (tertiary/aromatic N) is 5. The predicted octanol–water partition coefficient (Wildman–Crippen LogP) is 3.76. The molecule has 29 heavy (non-hydrogen) atoms. The Bertz CT molecular complexity index is 943. The van der Waals surface area contributed by atoms with Crippen LogP contribution >= 0.6 is 11.6 Å². The van der Waals surface area contributed by atoms with Crippen LogP contribution in [-0.4, -0.2) is 64.3 Å². The molecule has 6 nitrogen and oxygen atoms in total. The van der Waals surface area contributed by atoms with Gasteiger partial charge in [-0.25, -0.2) is 13.8 Å². The standard InChI is InChI=1S/C20H24ClF2N5O/c1-27(13-4-2-5-13)18-14-9-24-17(21)15(23)16(14)25-19(26-18)29-11-20-6-3-7-28(20)10-12(22)8-20/h9,12-13H,2-8,10-11H2,1H3/t12-,20+/m1/s1. The largest absolute Gasteiger partial charge is 0.461 e. The maximum atomic E-state index is 14.7. The lowest BCUT2D eigenvalue weighted by Gasteiger charge is -2.36. The molecular weight excluding hydrogens is 400 g/mol. The highest BCUT2D eigenvalue weighted by Gasteiger charge is 2.49. The molecule has 0 aromatic carbocycles. The molecule has 2 aromatic heterocycles. The quantitative estimate of drug-likeness (QED) is 0.682. The van der Waals surface area contributed by atoms with Crippen LogP contribution in [0.15, 0.2) is 6.20 Å². The second-order valence-electron chi connectivity index (χ2n) is 8.51. The van der Waals surface area contributed by atoms with Gasteiger partial charge in [0.05, 0.1) is 10.9 Å². The van der Waals surface area contributed by atoms with Crippen molar-refractivity contribution >= 4 is 28.3 Å². The molecule has 2 aliphatic heterocycles. The third kappa shape index (κ3) is 3.20. The van der Waals surface area contributed by atoms with Gasteiger partial charge in [0.2, 0.25) is 0 Å². The van der Waals surface area contributed by atoms with Crippen molar-refractivity contribution in [1.29, 1.82) is 0 Å². The van der Waals surface area contributed by atoms with E-state index in [9.17, 15) is 8.78 Å². The Kier molecular flexibility index (Phi) is 4.74. The van der Waals surface area contributed by atoms with Gasteiger partial charge >= 0.3 is 6.01 Å². The zero-order valence-electron chi connectivity index (χ0n) is 16.4. The molecule has 0 unspecified atom stereocenters. The highest BCUT2D eigenvalue weighted by molar-refractivity contribution is 6.30. The number of hydrogen-bond donors (Lipinski definition) is 0. The molecule has 0 radical (unpaired) electrons. The normalized spacial score (nSPS) is 27.2. The van der Waals surface area contributed by atoms with Gasteiger partial charge in [-0.05, 0) is 38.6 Å². The van der Waals surface area contributed by atoms with Crippen LogP contribution in [-0.2, 0) is 0 Å². The lowest BCUT2D eigenvalue weighted by atomic mass is 9.92. The molecule has 2 aromatic rings. The first-order valence-corrected chi connectivity index (χ1v) is 10.6. The van der Waals surface area contributed by atoms with E-state index in [1.165, 1.54) is 12.6 Å². The van der Waals surface area contributed by atoms with E-state index < -0.39 is 12.0 Å². The van der Waals surface area contributed by atoms with Crippen LogP contribution in [0.1, 0.15) is 38.5 Å². The first kappa shape index (κ1) is 19.2. The van der Waals surface area contributed by atoms with Crippen molar-refractivity contribution in [3.8, 4) is 6.01 Å². The van der Waals surface area contributed by atoms with Gasteiger partial charge < -0.3 is 9.64 Å². The minimum atomic E-state index is -0.834. The molecule has 3 aliphatic rings. The SMILES string of the molecule is CN(c1nc(OC[C@@]23CCCN2C[C@H](F)C3)nc2c(F)c(Cl)ncc12)C1CCC1. The van der Waals surface area contributed by atoms with Crippen LogP contribution in [0.4, 0.5) is 14.6 Å². The molecule has 1 aliphatic carbocycles. The van der Waals surface area contributed by atoms with Gasteiger partial charge in [0.25, 0.3) is 0 Å². The summed E-state index contributed by atoms with van der Waals surface area (Å²) in [6.07, 6.45) is 6.35. The fraction of sp³-hybridized carbons (Fsp3) is 0.650. The molecule has 3 fully saturated rings. The Morgan fingerprint density at radius 1 is 1.34 bits per heavy atom. The van der Waals surface area contributed by atoms with Crippen molar-refractivity contribution in [3.05, 3.63) is 17.2 Å². The molecule has 0 bridgehead atoms. The van der Waals surface area contributed by atoms with Gasteiger partial charge in [0.15, 0.2) is 11.0 Å². The third-order valence-corrected chi connectivity index (χ3v) is 7.05. The smallest absolute Gasteiger partial charge is 0.319 e. The second-order valence-corrected chi connectivity index (χ2v) is 8.87. The van der Waals surface area contributed by atoms with Crippen LogP contribution in [0.2, 0.25) is 5.15 Å². The van der Waals surface area contributed by atoms with E-state index in [4.69, 9.17) is 16.3 Å². The van der Waals surface area contributed by atoms with Crippen molar-refractivity contribution in [3.63, 3.8) is 0 Å². The summed E-state index contributed by atoms with van der Waals surface area (Å²) in [6, 6.07) is 0.453. The lowest BCUT2D eigenvalue weighted by Crippen LogP contribution is -2.43. The molecule has 0 N–H and O–H groups in total. The van der Waals surface area contributed by atoms with Crippen molar-refractivity contribution in [2.24, 2.45) is 0 Å². The average Bonchev–Trinajstić information content (AvgIpc) is 3.17. The number of halogens is 3. The Morgan fingerprint density at radius 3 is 2.93 bits per heavy atom. The zero-order valence-corrected chi connectivity index (χ0v) is 17.1. The number of anilines is 1. The van der Waals surface area contributed by atoms with E-state index in [0.29, 0.717) is 36.8 Å². The number of aromatic nitrogens is 3. The number of hydrogen-bond acceptors (Lipinski definition) is 6. The summed E-state index contributed by atoms with van der Waals surface area (Å²) in [5.41, 5.74) is -0.210. The maximum absolute atomic E-state index is 14.7. The molecule has 0 amide bonds. The molecule has 9 heteroatoms.